The summed E-state index contributed by atoms with van der Waals surface area (Å²) in [4.78, 5) is 9.99. The van der Waals surface area contributed by atoms with Gasteiger partial charge in [0.2, 0.25) is 5.91 Å². The first kappa shape index (κ1) is 23.6. The SMILES string of the molecule is C.CC(C)(O)C#N.CC(C)(O)C(N)=O.O. The van der Waals surface area contributed by atoms with Gasteiger partial charge in [0.05, 0.1) is 6.07 Å². The van der Waals surface area contributed by atoms with Crippen LogP contribution in [-0.2, 0) is 4.79 Å². The minimum Gasteiger partial charge on any atom is -0.412 e. The van der Waals surface area contributed by atoms with E-state index in [1.807, 2.05) is 0 Å². The van der Waals surface area contributed by atoms with Gasteiger partial charge >= 0.3 is 0 Å². The van der Waals surface area contributed by atoms with Crippen molar-refractivity contribution in [1.82, 2.24) is 0 Å². The average molecular weight is 222 g/mol. The van der Waals surface area contributed by atoms with Gasteiger partial charge in [0.25, 0.3) is 0 Å². The van der Waals surface area contributed by atoms with Crippen LogP contribution in [0.15, 0.2) is 0 Å². The first-order valence-electron chi connectivity index (χ1n) is 3.66. The van der Waals surface area contributed by atoms with E-state index in [-0.39, 0.29) is 12.9 Å². The zero-order valence-electron chi connectivity index (χ0n) is 8.83. The van der Waals surface area contributed by atoms with Crippen molar-refractivity contribution in [3.05, 3.63) is 0 Å². The molecule has 0 aliphatic rings. The Morgan fingerprint density at radius 3 is 1.40 bits per heavy atom. The molecule has 0 fully saturated rings. The lowest BCUT2D eigenvalue weighted by Gasteiger charge is -2.09. The lowest BCUT2D eigenvalue weighted by Crippen LogP contribution is -2.37. The Labute approximate surface area is 90.6 Å². The fraction of sp³-hybridized carbons (Fsp3) is 0.778. The predicted octanol–water partition coefficient (Wildman–Crippen LogP) is -0.665. The maximum Gasteiger partial charge on any atom is 0.248 e. The summed E-state index contributed by atoms with van der Waals surface area (Å²) in [6, 6.07) is 1.66. The minimum atomic E-state index is -1.36. The number of amides is 1. The van der Waals surface area contributed by atoms with Crippen LogP contribution < -0.4 is 5.73 Å². The second-order valence-electron chi connectivity index (χ2n) is 3.59. The van der Waals surface area contributed by atoms with Gasteiger partial charge in [0.15, 0.2) is 0 Å². The van der Waals surface area contributed by atoms with Crippen LogP contribution >= 0.6 is 0 Å². The summed E-state index contributed by atoms with van der Waals surface area (Å²) in [6.45, 7) is 5.56. The molecule has 0 aliphatic carbocycles. The predicted molar refractivity (Wildman–Crippen MR) is 57.7 cm³/mol. The highest BCUT2D eigenvalue weighted by molar-refractivity contribution is 5.81. The molecule has 15 heavy (non-hydrogen) atoms. The quantitative estimate of drug-likeness (QED) is 0.506. The monoisotopic (exact) mass is 222 g/mol. The second-order valence-corrected chi connectivity index (χ2v) is 3.59. The second kappa shape index (κ2) is 8.17. The number of aliphatic hydroxyl groups is 2. The van der Waals surface area contributed by atoms with Gasteiger partial charge in [0, 0.05) is 0 Å². The molecular formula is C9H22N2O4. The Morgan fingerprint density at radius 2 is 1.40 bits per heavy atom. The number of primary amides is 1. The molecule has 0 heterocycles. The van der Waals surface area contributed by atoms with E-state index in [0.29, 0.717) is 0 Å². The molecule has 0 aromatic rings. The molecule has 92 valence electrons. The number of carbonyl (C=O) groups is 1. The largest absolute Gasteiger partial charge is 0.412 e. The smallest absolute Gasteiger partial charge is 0.248 e. The molecule has 6 heteroatoms. The summed E-state index contributed by atoms with van der Waals surface area (Å²) in [7, 11) is 0. The van der Waals surface area contributed by atoms with Crippen LogP contribution in [0.4, 0.5) is 0 Å². The molecule has 6 N–H and O–H groups in total. The number of carbonyl (C=O) groups excluding carboxylic acids is 1. The van der Waals surface area contributed by atoms with E-state index in [1.165, 1.54) is 27.7 Å². The van der Waals surface area contributed by atoms with Crippen molar-refractivity contribution in [3.8, 4) is 6.07 Å². The van der Waals surface area contributed by atoms with Crippen molar-refractivity contribution in [2.24, 2.45) is 5.73 Å². The van der Waals surface area contributed by atoms with Crippen LogP contribution in [0, 0.1) is 11.3 Å². The molecule has 0 spiro atoms. The van der Waals surface area contributed by atoms with Crippen LogP contribution in [-0.4, -0.2) is 32.8 Å². The van der Waals surface area contributed by atoms with E-state index < -0.39 is 17.1 Å². The van der Waals surface area contributed by atoms with Crippen LogP contribution in [0.5, 0.6) is 0 Å². The summed E-state index contributed by atoms with van der Waals surface area (Å²) in [5, 5.41) is 25.0. The molecule has 0 aliphatic heterocycles. The van der Waals surface area contributed by atoms with Gasteiger partial charge in [-0.25, -0.2) is 0 Å². The normalized spacial score (nSPS) is 9.40. The maximum absolute atomic E-state index is 9.99. The van der Waals surface area contributed by atoms with Gasteiger partial charge in [-0.1, -0.05) is 7.43 Å². The third kappa shape index (κ3) is 24.5. The van der Waals surface area contributed by atoms with Gasteiger partial charge < -0.3 is 21.4 Å². The van der Waals surface area contributed by atoms with E-state index in [4.69, 9.17) is 15.5 Å². The molecule has 0 saturated carbocycles. The van der Waals surface area contributed by atoms with Crippen molar-refractivity contribution in [2.45, 2.75) is 46.3 Å². The Hall–Kier alpha value is -1.16. The standard InChI is InChI=1S/C4H9NO2.C4H7NO.CH4.H2O/c1-4(2,7)3(5)6;1-4(2,6)3-5;;/h7H,1-2H3,(H2,5,6);6H,1-2H3;1H4;1H2. The van der Waals surface area contributed by atoms with E-state index in [1.54, 1.807) is 6.07 Å². The number of nitrogens with two attached hydrogens (primary N) is 1. The van der Waals surface area contributed by atoms with Crippen LogP contribution in [0.1, 0.15) is 35.1 Å². The van der Waals surface area contributed by atoms with Crippen LogP contribution in [0.3, 0.4) is 0 Å². The fourth-order valence-corrected chi connectivity index (χ4v) is 0. The van der Waals surface area contributed by atoms with E-state index in [2.05, 4.69) is 5.73 Å². The number of nitriles is 1. The summed E-state index contributed by atoms with van der Waals surface area (Å²) in [5.74, 6) is -0.701. The third-order valence-corrected chi connectivity index (χ3v) is 0.877. The zero-order chi connectivity index (χ0) is 11.3. The minimum absolute atomic E-state index is 0. The topological polar surface area (TPSA) is 139 Å². The highest BCUT2D eigenvalue weighted by atomic mass is 16.3. The Balaban J connectivity index is -0.0000000718. The molecule has 0 atom stereocenters. The van der Waals surface area contributed by atoms with Crippen molar-refractivity contribution in [3.63, 3.8) is 0 Å². The average Bonchev–Trinajstić information content (AvgIpc) is 1.85. The maximum atomic E-state index is 9.99. The molecule has 0 rings (SSSR count). The molecule has 0 aromatic heterocycles. The van der Waals surface area contributed by atoms with Gasteiger partial charge in [-0.3, -0.25) is 4.79 Å². The molecule has 0 bridgehead atoms. The zero-order valence-corrected chi connectivity index (χ0v) is 8.83. The Kier molecular flexibility index (Phi) is 12.8. The molecule has 6 nitrogen and oxygen atoms in total. The Morgan fingerprint density at radius 1 is 1.27 bits per heavy atom. The number of hydrogen-bond donors (Lipinski definition) is 3. The number of rotatable bonds is 1. The van der Waals surface area contributed by atoms with E-state index >= 15 is 0 Å². The lowest BCUT2D eigenvalue weighted by atomic mass is 10.1. The van der Waals surface area contributed by atoms with Crippen molar-refractivity contribution in [2.75, 3.05) is 0 Å². The van der Waals surface area contributed by atoms with E-state index in [9.17, 15) is 4.79 Å². The van der Waals surface area contributed by atoms with Crippen molar-refractivity contribution in [1.29, 1.82) is 5.26 Å². The highest BCUT2D eigenvalue weighted by Crippen LogP contribution is 1.96. The van der Waals surface area contributed by atoms with Gasteiger partial charge in [0.1, 0.15) is 11.2 Å². The summed E-state index contributed by atoms with van der Waals surface area (Å²) in [5.41, 5.74) is 2.17. The van der Waals surface area contributed by atoms with Gasteiger partial charge in [-0.05, 0) is 27.7 Å². The molecule has 0 aromatic carbocycles. The summed E-state index contributed by atoms with van der Waals surface area (Å²) >= 11 is 0. The number of hydrogen-bond acceptors (Lipinski definition) is 4. The molecule has 0 saturated heterocycles. The molecular weight excluding hydrogens is 200 g/mol. The highest BCUT2D eigenvalue weighted by Gasteiger charge is 2.18. The van der Waals surface area contributed by atoms with Crippen LogP contribution in [0.2, 0.25) is 0 Å². The number of nitrogens with zero attached hydrogens (tertiary/aromatic N) is 1. The summed E-state index contributed by atoms with van der Waals surface area (Å²) < 4.78 is 0. The van der Waals surface area contributed by atoms with E-state index in [0.717, 1.165) is 0 Å². The van der Waals surface area contributed by atoms with Gasteiger partial charge in [-0.15, -0.1) is 0 Å². The van der Waals surface area contributed by atoms with Crippen LogP contribution in [0.25, 0.3) is 0 Å². The first-order chi connectivity index (χ1) is 5.50. The fourth-order valence-electron chi connectivity index (χ4n) is 0. The molecule has 0 radical (unpaired) electrons. The Bertz CT molecular complexity index is 208. The van der Waals surface area contributed by atoms with Crippen molar-refractivity contribution < 1.29 is 20.5 Å². The molecule has 0 unspecified atom stereocenters. The first-order valence-corrected chi connectivity index (χ1v) is 3.66. The van der Waals surface area contributed by atoms with Crippen molar-refractivity contribution >= 4 is 5.91 Å². The summed E-state index contributed by atoms with van der Waals surface area (Å²) in [6.07, 6.45) is 0. The molecule has 1 amide bonds. The third-order valence-electron chi connectivity index (χ3n) is 0.877. The van der Waals surface area contributed by atoms with Gasteiger partial charge in [-0.2, -0.15) is 5.26 Å². The lowest BCUT2D eigenvalue weighted by molar-refractivity contribution is -0.132.